The molecule has 2 rings (SSSR count). The molecule has 1 aliphatic rings. The average molecular weight is 330 g/mol. The van der Waals surface area contributed by atoms with E-state index < -0.39 is 6.09 Å². The van der Waals surface area contributed by atoms with Crippen molar-refractivity contribution in [3.05, 3.63) is 23.8 Å². The summed E-state index contributed by atoms with van der Waals surface area (Å²) in [7, 11) is 0. The van der Waals surface area contributed by atoms with E-state index >= 15 is 0 Å². The number of hydrogen-bond donors (Lipinski definition) is 2. The van der Waals surface area contributed by atoms with Crippen LogP contribution in [0.4, 0.5) is 4.79 Å². The number of phenols is 1. The minimum absolute atomic E-state index is 0. The van der Waals surface area contributed by atoms with Gasteiger partial charge in [0.25, 0.3) is 0 Å². The lowest BCUT2D eigenvalue weighted by molar-refractivity contribution is 0.0379. The number of alkyl carbamates (subject to hydrolysis) is 1. The quantitative estimate of drug-likeness (QED) is 0.866. The van der Waals surface area contributed by atoms with Gasteiger partial charge in [-0.3, -0.25) is 0 Å². The van der Waals surface area contributed by atoms with E-state index in [1.165, 1.54) is 0 Å². The maximum absolute atomic E-state index is 11.5. The monoisotopic (exact) mass is 329 g/mol. The number of aromatic hydroxyl groups is 1. The van der Waals surface area contributed by atoms with Crippen LogP contribution in [-0.4, -0.2) is 23.4 Å². The highest BCUT2D eigenvalue weighted by molar-refractivity contribution is 5.85. The number of nitrogens with one attached hydrogen (secondary N) is 1. The summed E-state index contributed by atoms with van der Waals surface area (Å²) in [5, 5.41) is 12.9. The fourth-order valence-electron chi connectivity index (χ4n) is 2.37. The predicted octanol–water partition coefficient (Wildman–Crippen LogP) is 3.80. The molecule has 22 heavy (non-hydrogen) atoms. The molecule has 0 aliphatic carbocycles. The SMILES string of the molecule is CC(C)(C)Oc1ccc(O)c([C@@H]2NC(=O)OCC2(C)C)c1.Cl. The van der Waals surface area contributed by atoms with E-state index in [4.69, 9.17) is 9.47 Å². The van der Waals surface area contributed by atoms with E-state index in [0.29, 0.717) is 17.9 Å². The highest BCUT2D eigenvalue weighted by Gasteiger charge is 2.39. The molecule has 1 fully saturated rings. The Morgan fingerprint density at radius 2 is 2.00 bits per heavy atom. The highest BCUT2D eigenvalue weighted by atomic mass is 35.5. The summed E-state index contributed by atoms with van der Waals surface area (Å²) in [6, 6.07) is 4.76. The Morgan fingerprint density at radius 3 is 2.59 bits per heavy atom. The van der Waals surface area contributed by atoms with Gasteiger partial charge in [0.2, 0.25) is 0 Å². The van der Waals surface area contributed by atoms with Crippen molar-refractivity contribution in [3.8, 4) is 11.5 Å². The van der Waals surface area contributed by atoms with Crippen LogP contribution in [0.15, 0.2) is 18.2 Å². The topological polar surface area (TPSA) is 67.8 Å². The van der Waals surface area contributed by atoms with Crippen LogP contribution >= 0.6 is 12.4 Å². The molecule has 1 saturated heterocycles. The summed E-state index contributed by atoms with van der Waals surface area (Å²) in [5.41, 5.74) is -0.0209. The molecule has 6 heteroatoms. The number of phenolic OH excluding ortho intramolecular Hbond substituents is 1. The van der Waals surface area contributed by atoms with E-state index in [1.54, 1.807) is 18.2 Å². The highest BCUT2D eigenvalue weighted by Crippen LogP contribution is 2.41. The number of cyclic esters (lactones) is 1. The standard InChI is InChI=1S/C16H23NO4.ClH/c1-15(2,3)21-10-6-7-12(18)11(8-10)13-16(4,5)9-20-14(19)17-13;/h6-8,13,18H,9H2,1-5H3,(H,17,19);1H/t13-;/m0./s1. The van der Waals surface area contributed by atoms with Crippen LogP contribution in [0, 0.1) is 5.41 Å². The molecule has 124 valence electrons. The second-order valence-corrected chi connectivity index (χ2v) is 7.08. The fourth-order valence-corrected chi connectivity index (χ4v) is 2.37. The van der Waals surface area contributed by atoms with Crippen LogP contribution in [-0.2, 0) is 4.74 Å². The third-order valence-corrected chi connectivity index (χ3v) is 3.35. The van der Waals surface area contributed by atoms with Gasteiger partial charge < -0.3 is 19.9 Å². The van der Waals surface area contributed by atoms with E-state index in [1.807, 2.05) is 34.6 Å². The molecule has 5 nitrogen and oxygen atoms in total. The molecular weight excluding hydrogens is 306 g/mol. The third-order valence-electron chi connectivity index (χ3n) is 3.35. The van der Waals surface area contributed by atoms with Gasteiger partial charge in [0.15, 0.2) is 0 Å². The second kappa shape index (κ2) is 6.24. The molecule has 2 N–H and O–H groups in total. The van der Waals surface area contributed by atoms with Gasteiger partial charge in [-0.15, -0.1) is 12.4 Å². The van der Waals surface area contributed by atoms with E-state index in [0.717, 1.165) is 0 Å². The molecular formula is C16H24ClNO4. The van der Waals surface area contributed by atoms with Gasteiger partial charge in [-0.2, -0.15) is 0 Å². The van der Waals surface area contributed by atoms with Crippen molar-refractivity contribution >= 4 is 18.5 Å². The molecule has 0 saturated carbocycles. The number of halogens is 1. The van der Waals surface area contributed by atoms with Crippen LogP contribution in [0.25, 0.3) is 0 Å². The zero-order valence-electron chi connectivity index (χ0n) is 13.6. The van der Waals surface area contributed by atoms with Gasteiger partial charge in [0.1, 0.15) is 23.7 Å². The zero-order chi connectivity index (χ0) is 15.8. The first-order valence-corrected chi connectivity index (χ1v) is 7.04. The molecule has 0 radical (unpaired) electrons. The predicted molar refractivity (Wildman–Crippen MR) is 86.7 cm³/mol. The van der Waals surface area contributed by atoms with E-state index in [9.17, 15) is 9.90 Å². The third kappa shape index (κ3) is 4.19. The van der Waals surface area contributed by atoms with Crippen molar-refractivity contribution in [2.24, 2.45) is 5.41 Å². The zero-order valence-corrected chi connectivity index (χ0v) is 14.4. The molecule has 1 aromatic carbocycles. The van der Waals surface area contributed by atoms with Crippen LogP contribution in [0.2, 0.25) is 0 Å². The number of amides is 1. The van der Waals surface area contributed by atoms with Crippen molar-refractivity contribution in [2.75, 3.05) is 6.61 Å². The van der Waals surface area contributed by atoms with Crippen LogP contribution < -0.4 is 10.1 Å². The first-order valence-electron chi connectivity index (χ1n) is 7.04. The van der Waals surface area contributed by atoms with Gasteiger partial charge in [-0.25, -0.2) is 4.79 Å². The summed E-state index contributed by atoms with van der Waals surface area (Å²) >= 11 is 0. The molecule has 0 bridgehead atoms. The number of rotatable bonds is 2. The molecule has 0 spiro atoms. The molecule has 1 heterocycles. The molecule has 1 amide bonds. The summed E-state index contributed by atoms with van der Waals surface area (Å²) in [5.74, 6) is 0.795. The Labute approximate surface area is 137 Å². The smallest absolute Gasteiger partial charge is 0.407 e. The summed E-state index contributed by atoms with van der Waals surface area (Å²) in [6.45, 7) is 10.1. The maximum Gasteiger partial charge on any atom is 0.407 e. The fraction of sp³-hybridized carbons (Fsp3) is 0.562. The Balaban J connectivity index is 0.00000242. The number of carbonyl (C=O) groups is 1. The number of hydrogen-bond acceptors (Lipinski definition) is 4. The normalized spacial score (nSPS) is 20.4. The number of benzene rings is 1. The summed E-state index contributed by atoms with van der Waals surface area (Å²) in [4.78, 5) is 11.5. The van der Waals surface area contributed by atoms with Gasteiger partial charge in [-0.1, -0.05) is 13.8 Å². The summed E-state index contributed by atoms with van der Waals surface area (Å²) < 4.78 is 10.9. The first-order chi connectivity index (χ1) is 9.58. The lowest BCUT2D eigenvalue weighted by atomic mass is 9.80. The minimum atomic E-state index is -0.471. The Kier molecular flexibility index (Phi) is 5.23. The Bertz CT molecular complexity index is 552. The van der Waals surface area contributed by atoms with Gasteiger partial charge in [0, 0.05) is 11.0 Å². The number of carbonyl (C=O) groups excluding carboxylic acids is 1. The van der Waals surface area contributed by atoms with Crippen molar-refractivity contribution in [3.63, 3.8) is 0 Å². The largest absolute Gasteiger partial charge is 0.508 e. The maximum atomic E-state index is 11.5. The lowest BCUT2D eigenvalue weighted by Gasteiger charge is -2.38. The van der Waals surface area contributed by atoms with Gasteiger partial charge in [0.05, 0.1) is 6.04 Å². The Morgan fingerprint density at radius 1 is 1.36 bits per heavy atom. The van der Waals surface area contributed by atoms with Crippen molar-refractivity contribution in [1.82, 2.24) is 5.32 Å². The first kappa shape index (κ1) is 18.4. The molecule has 1 atom stereocenters. The Hall–Kier alpha value is -1.62. The summed E-state index contributed by atoms with van der Waals surface area (Å²) in [6.07, 6.45) is -0.471. The molecule has 1 aromatic rings. The molecule has 0 aromatic heterocycles. The van der Waals surface area contributed by atoms with Gasteiger partial charge in [-0.05, 0) is 39.0 Å². The van der Waals surface area contributed by atoms with E-state index in [-0.39, 0.29) is 35.2 Å². The minimum Gasteiger partial charge on any atom is -0.508 e. The van der Waals surface area contributed by atoms with Crippen molar-refractivity contribution in [2.45, 2.75) is 46.3 Å². The molecule has 0 unspecified atom stereocenters. The average Bonchev–Trinajstić information content (AvgIpc) is 2.33. The van der Waals surface area contributed by atoms with E-state index in [2.05, 4.69) is 5.32 Å². The van der Waals surface area contributed by atoms with Crippen LogP contribution in [0.1, 0.15) is 46.2 Å². The van der Waals surface area contributed by atoms with Crippen molar-refractivity contribution in [1.29, 1.82) is 0 Å². The van der Waals surface area contributed by atoms with Crippen LogP contribution in [0.3, 0.4) is 0 Å². The lowest BCUT2D eigenvalue weighted by Crippen LogP contribution is -2.46. The second-order valence-electron chi connectivity index (χ2n) is 7.08. The molecule has 1 aliphatic heterocycles. The van der Waals surface area contributed by atoms with Crippen LogP contribution in [0.5, 0.6) is 11.5 Å². The van der Waals surface area contributed by atoms with Crippen molar-refractivity contribution < 1.29 is 19.4 Å². The van der Waals surface area contributed by atoms with Gasteiger partial charge >= 0.3 is 6.09 Å². The number of ether oxygens (including phenoxy) is 2.